The Morgan fingerprint density at radius 3 is 2.35 bits per heavy atom. The van der Waals surface area contributed by atoms with Crippen LogP contribution in [0.3, 0.4) is 0 Å². The Morgan fingerprint density at radius 2 is 1.76 bits per heavy atom. The van der Waals surface area contributed by atoms with E-state index in [1.54, 1.807) is 0 Å². The van der Waals surface area contributed by atoms with Gasteiger partial charge in [0.05, 0.1) is 6.54 Å². The molecule has 0 bridgehead atoms. The number of halogens is 2. The lowest BCUT2D eigenvalue weighted by atomic mass is 10.2. The zero-order valence-corrected chi connectivity index (χ0v) is 9.47. The second kappa shape index (κ2) is 5.10. The molecule has 0 aliphatic rings. The van der Waals surface area contributed by atoms with Gasteiger partial charge in [-0.25, -0.2) is 8.78 Å². The lowest BCUT2D eigenvalue weighted by molar-refractivity contribution is 0.461. The normalized spacial score (nSPS) is 10.8. The Kier molecular flexibility index (Phi) is 3.54. The van der Waals surface area contributed by atoms with Gasteiger partial charge in [-0.05, 0) is 36.8 Å². The molecule has 0 saturated heterocycles. The van der Waals surface area contributed by atoms with Crippen LogP contribution >= 0.6 is 0 Å². The van der Waals surface area contributed by atoms with Crippen LogP contribution in [0.2, 0.25) is 0 Å². The van der Waals surface area contributed by atoms with Crippen molar-refractivity contribution in [2.24, 2.45) is 0 Å². The fourth-order valence-electron chi connectivity index (χ4n) is 1.62. The smallest absolute Gasteiger partial charge is 0.126 e. The van der Waals surface area contributed by atoms with Gasteiger partial charge in [-0.3, -0.25) is 0 Å². The molecule has 17 heavy (non-hydrogen) atoms. The molecule has 90 valence electrons. The van der Waals surface area contributed by atoms with Crippen molar-refractivity contribution in [1.82, 2.24) is 5.32 Å². The van der Waals surface area contributed by atoms with E-state index in [4.69, 9.17) is 4.42 Å². The Morgan fingerprint density at radius 1 is 1.06 bits per heavy atom. The number of aryl methyl sites for hydroxylation is 1. The molecule has 1 N–H and O–H groups in total. The van der Waals surface area contributed by atoms with E-state index in [1.807, 2.05) is 19.1 Å². The second-order valence-electron chi connectivity index (χ2n) is 3.89. The fourth-order valence-corrected chi connectivity index (χ4v) is 1.62. The predicted molar refractivity (Wildman–Crippen MR) is 60.3 cm³/mol. The first kappa shape index (κ1) is 11.8. The molecule has 0 unspecified atom stereocenters. The highest BCUT2D eigenvalue weighted by Crippen LogP contribution is 2.09. The minimum atomic E-state index is -0.560. The van der Waals surface area contributed by atoms with Crippen molar-refractivity contribution in [3.8, 4) is 0 Å². The maximum Gasteiger partial charge on any atom is 0.126 e. The van der Waals surface area contributed by atoms with Gasteiger partial charge in [0.2, 0.25) is 0 Å². The molecule has 0 amide bonds. The van der Waals surface area contributed by atoms with E-state index >= 15 is 0 Å². The minimum Gasteiger partial charge on any atom is -0.465 e. The van der Waals surface area contributed by atoms with Gasteiger partial charge in [0, 0.05) is 12.6 Å². The van der Waals surface area contributed by atoms with E-state index in [2.05, 4.69) is 5.32 Å². The molecule has 0 saturated carbocycles. The average Bonchev–Trinajstić information content (AvgIpc) is 2.63. The van der Waals surface area contributed by atoms with Crippen LogP contribution in [0.25, 0.3) is 0 Å². The zero-order chi connectivity index (χ0) is 12.3. The monoisotopic (exact) mass is 237 g/mol. The van der Waals surface area contributed by atoms with Crippen LogP contribution in [0.4, 0.5) is 8.78 Å². The summed E-state index contributed by atoms with van der Waals surface area (Å²) >= 11 is 0. The van der Waals surface area contributed by atoms with Crippen LogP contribution in [-0.4, -0.2) is 0 Å². The van der Waals surface area contributed by atoms with Crippen molar-refractivity contribution in [2.75, 3.05) is 0 Å². The molecule has 1 heterocycles. The number of hydrogen-bond acceptors (Lipinski definition) is 2. The molecular formula is C13H13F2NO. The summed E-state index contributed by atoms with van der Waals surface area (Å²) in [6.45, 7) is 2.80. The van der Waals surface area contributed by atoms with Crippen LogP contribution in [0.1, 0.15) is 17.1 Å². The zero-order valence-electron chi connectivity index (χ0n) is 9.47. The summed E-state index contributed by atoms with van der Waals surface area (Å²) in [6, 6.07) is 7.22. The second-order valence-corrected chi connectivity index (χ2v) is 3.89. The van der Waals surface area contributed by atoms with Gasteiger partial charge < -0.3 is 9.73 Å². The third kappa shape index (κ3) is 3.39. The Bertz CT molecular complexity index is 488. The maximum atomic E-state index is 12.9. The third-order valence-electron chi connectivity index (χ3n) is 2.35. The molecule has 1 aromatic carbocycles. The van der Waals surface area contributed by atoms with Crippen molar-refractivity contribution in [2.45, 2.75) is 20.0 Å². The molecule has 2 nitrogen and oxygen atoms in total. The van der Waals surface area contributed by atoms with E-state index in [9.17, 15) is 8.78 Å². The first-order valence-corrected chi connectivity index (χ1v) is 5.34. The van der Waals surface area contributed by atoms with Gasteiger partial charge in [0.1, 0.15) is 23.2 Å². The maximum absolute atomic E-state index is 12.9. The standard InChI is InChI=1S/C13H13F2NO/c1-9-2-3-13(17-9)8-16-7-10-4-11(14)6-12(15)5-10/h2-6,16H,7-8H2,1H3. The summed E-state index contributed by atoms with van der Waals surface area (Å²) in [5.74, 6) is 0.532. The number of hydrogen-bond donors (Lipinski definition) is 1. The topological polar surface area (TPSA) is 25.2 Å². The fraction of sp³-hybridized carbons (Fsp3) is 0.231. The summed E-state index contributed by atoms with van der Waals surface area (Å²) < 4.78 is 31.1. The molecule has 0 spiro atoms. The van der Waals surface area contributed by atoms with Crippen LogP contribution < -0.4 is 5.32 Å². The quantitative estimate of drug-likeness (QED) is 0.883. The van der Waals surface area contributed by atoms with E-state index < -0.39 is 11.6 Å². The summed E-state index contributed by atoms with van der Waals surface area (Å²) in [6.07, 6.45) is 0. The summed E-state index contributed by atoms with van der Waals surface area (Å²) in [4.78, 5) is 0. The molecular weight excluding hydrogens is 224 g/mol. The first-order chi connectivity index (χ1) is 8.13. The van der Waals surface area contributed by atoms with Gasteiger partial charge >= 0.3 is 0 Å². The minimum absolute atomic E-state index is 0.397. The van der Waals surface area contributed by atoms with Crippen molar-refractivity contribution in [3.63, 3.8) is 0 Å². The molecule has 0 fully saturated rings. The van der Waals surface area contributed by atoms with Crippen molar-refractivity contribution >= 4 is 0 Å². The van der Waals surface area contributed by atoms with Gasteiger partial charge in [0.15, 0.2) is 0 Å². The highest BCUT2D eigenvalue weighted by molar-refractivity contribution is 5.17. The Balaban J connectivity index is 1.89. The molecule has 2 aromatic rings. The van der Waals surface area contributed by atoms with E-state index in [1.165, 1.54) is 12.1 Å². The summed E-state index contributed by atoms with van der Waals surface area (Å²) in [7, 11) is 0. The van der Waals surface area contributed by atoms with Crippen LogP contribution in [0.15, 0.2) is 34.7 Å². The van der Waals surface area contributed by atoms with Crippen molar-refractivity contribution in [1.29, 1.82) is 0 Å². The predicted octanol–water partition coefficient (Wildman–Crippen LogP) is 3.16. The SMILES string of the molecule is Cc1ccc(CNCc2cc(F)cc(F)c2)o1. The summed E-state index contributed by atoms with van der Waals surface area (Å²) in [5.41, 5.74) is 0.575. The van der Waals surface area contributed by atoms with Gasteiger partial charge in [-0.1, -0.05) is 0 Å². The van der Waals surface area contributed by atoms with E-state index in [-0.39, 0.29) is 0 Å². The number of nitrogens with one attached hydrogen (secondary N) is 1. The highest BCUT2D eigenvalue weighted by atomic mass is 19.1. The average molecular weight is 237 g/mol. The summed E-state index contributed by atoms with van der Waals surface area (Å²) in [5, 5.41) is 3.06. The third-order valence-corrected chi connectivity index (χ3v) is 2.35. The highest BCUT2D eigenvalue weighted by Gasteiger charge is 2.01. The van der Waals surface area contributed by atoms with Crippen molar-refractivity contribution in [3.05, 3.63) is 59.1 Å². The van der Waals surface area contributed by atoms with Gasteiger partial charge in [-0.15, -0.1) is 0 Å². The molecule has 0 aliphatic carbocycles. The lowest BCUT2D eigenvalue weighted by Crippen LogP contribution is -2.12. The van der Waals surface area contributed by atoms with Crippen LogP contribution in [0.5, 0.6) is 0 Å². The number of benzene rings is 1. The van der Waals surface area contributed by atoms with Gasteiger partial charge in [-0.2, -0.15) is 0 Å². The number of furan rings is 1. The first-order valence-electron chi connectivity index (χ1n) is 5.34. The molecule has 0 radical (unpaired) electrons. The van der Waals surface area contributed by atoms with E-state index in [0.717, 1.165) is 17.6 Å². The van der Waals surface area contributed by atoms with Crippen LogP contribution in [0, 0.1) is 18.6 Å². The molecule has 2 rings (SSSR count). The van der Waals surface area contributed by atoms with Gasteiger partial charge in [0.25, 0.3) is 0 Å². The van der Waals surface area contributed by atoms with Crippen molar-refractivity contribution < 1.29 is 13.2 Å². The Hall–Kier alpha value is -1.68. The largest absolute Gasteiger partial charge is 0.465 e. The molecule has 0 aliphatic heterocycles. The molecule has 1 aromatic heterocycles. The number of rotatable bonds is 4. The molecule has 4 heteroatoms. The lowest BCUT2D eigenvalue weighted by Gasteiger charge is -2.03. The molecule has 0 atom stereocenters. The van der Waals surface area contributed by atoms with Crippen LogP contribution in [-0.2, 0) is 13.1 Å². The Labute approximate surface area is 98.3 Å². The van der Waals surface area contributed by atoms with E-state index in [0.29, 0.717) is 18.7 Å².